The van der Waals surface area contributed by atoms with Crippen molar-refractivity contribution in [3.63, 3.8) is 0 Å². The van der Waals surface area contributed by atoms with Gasteiger partial charge in [0.15, 0.2) is 5.65 Å². The van der Waals surface area contributed by atoms with Crippen LogP contribution < -0.4 is 5.32 Å². The minimum absolute atomic E-state index is 0.498. The molecule has 1 aliphatic heterocycles. The van der Waals surface area contributed by atoms with E-state index >= 15 is 0 Å². The molecular formula is C16H25N5. The standard InChI is InChI=1S/C16H25N5/c1-13-8-16-18-10-15(12-21(16)19-13)9-17-14(2)11-20-6-4-3-5-7-20/h8,10,12,14,17H,3-7,9,11H2,1-2H3. The number of aromatic nitrogens is 3. The third-order valence-electron chi connectivity index (χ3n) is 4.12. The third kappa shape index (κ3) is 3.80. The maximum atomic E-state index is 4.45. The number of aryl methyl sites for hydroxylation is 1. The van der Waals surface area contributed by atoms with Crippen molar-refractivity contribution in [2.75, 3.05) is 19.6 Å². The third-order valence-corrected chi connectivity index (χ3v) is 4.12. The molecule has 5 heteroatoms. The molecule has 0 bridgehead atoms. The maximum Gasteiger partial charge on any atom is 0.155 e. The van der Waals surface area contributed by atoms with E-state index in [1.54, 1.807) is 0 Å². The number of fused-ring (bicyclic) bond motifs is 1. The summed E-state index contributed by atoms with van der Waals surface area (Å²) < 4.78 is 1.86. The van der Waals surface area contributed by atoms with E-state index in [9.17, 15) is 0 Å². The van der Waals surface area contributed by atoms with Gasteiger partial charge in [-0.25, -0.2) is 9.50 Å². The van der Waals surface area contributed by atoms with Crippen LogP contribution in [0.3, 0.4) is 0 Å². The van der Waals surface area contributed by atoms with Crippen LogP contribution in [0.4, 0.5) is 0 Å². The molecule has 1 unspecified atom stereocenters. The van der Waals surface area contributed by atoms with Gasteiger partial charge in [-0.2, -0.15) is 5.10 Å². The minimum atomic E-state index is 0.498. The molecule has 3 rings (SSSR count). The lowest BCUT2D eigenvalue weighted by Crippen LogP contribution is -2.41. The number of hydrogen-bond donors (Lipinski definition) is 1. The fourth-order valence-corrected chi connectivity index (χ4v) is 3.01. The van der Waals surface area contributed by atoms with E-state index in [1.807, 2.05) is 23.7 Å². The van der Waals surface area contributed by atoms with Crippen LogP contribution in [0, 0.1) is 6.92 Å². The van der Waals surface area contributed by atoms with Crippen molar-refractivity contribution in [3.8, 4) is 0 Å². The van der Waals surface area contributed by atoms with Gasteiger partial charge in [0.2, 0.25) is 0 Å². The molecule has 2 aromatic heterocycles. The fraction of sp³-hybridized carbons (Fsp3) is 0.625. The Hall–Kier alpha value is -1.46. The highest BCUT2D eigenvalue weighted by molar-refractivity contribution is 5.38. The Labute approximate surface area is 126 Å². The van der Waals surface area contributed by atoms with Gasteiger partial charge in [-0.05, 0) is 39.8 Å². The Morgan fingerprint density at radius 1 is 1.29 bits per heavy atom. The van der Waals surface area contributed by atoms with E-state index in [1.165, 1.54) is 37.9 Å². The lowest BCUT2D eigenvalue weighted by atomic mass is 10.1. The Morgan fingerprint density at radius 3 is 2.90 bits per heavy atom. The van der Waals surface area contributed by atoms with Gasteiger partial charge in [0, 0.05) is 43.2 Å². The van der Waals surface area contributed by atoms with Crippen molar-refractivity contribution in [1.29, 1.82) is 0 Å². The van der Waals surface area contributed by atoms with E-state index in [2.05, 4.69) is 33.4 Å². The van der Waals surface area contributed by atoms with Crippen LogP contribution in [-0.4, -0.2) is 45.2 Å². The number of likely N-dealkylation sites (tertiary alicyclic amines) is 1. The van der Waals surface area contributed by atoms with Gasteiger partial charge in [0.1, 0.15) is 0 Å². The van der Waals surface area contributed by atoms with Gasteiger partial charge in [0.05, 0.1) is 5.69 Å². The number of hydrogen-bond acceptors (Lipinski definition) is 4. The molecule has 3 heterocycles. The lowest BCUT2D eigenvalue weighted by Gasteiger charge is -2.29. The van der Waals surface area contributed by atoms with Crippen LogP contribution >= 0.6 is 0 Å². The Kier molecular flexibility index (Phi) is 4.51. The Bertz CT molecular complexity index is 585. The van der Waals surface area contributed by atoms with E-state index < -0.39 is 0 Å². The van der Waals surface area contributed by atoms with Crippen LogP contribution in [-0.2, 0) is 6.54 Å². The molecule has 114 valence electrons. The monoisotopic (exact) mass is 287 g/mol. The molecule has 0 aromatic carbocycles. The van der Waals surface area contributed by atoms with Gasteiger partial charge in [0.25, 0.3) is 0 Å². The summed E-state index contributed by atoms with van der Waals surface area (Å²) in [7, 11) is 0. The molecule has 0 radical (unpaired) electrons. The Balaban J connectivity index is 1.52. The quantitative estimate of drug-likeness (QED) is 0.913. The van der Waals surface area contributed by atoms with Gasteiger partial charge in [-0.15, -0.1) is 0 Å². The molecule has 0 spiro atoms. The van der Waals surface area contributed by atoms with E-state index in [4.69, 9.17) is 0 Å². The van der Waals surface area contributed by atoms with Crippen LogP contribution in [0.1, 0.15) is 37.4 Å². The summed E-state index contributed by atoms with van der Waals surface area (Å²) in [5.41, 5.74) is 3.10. The average molecular weight is 287 g/mol. The zero-order chi connectivity index (χ0) is 14.7. The molecule has 1 N–H and O–H groups in total. The van der Waals surface area contributed by atoms with E-state index in [0.29, 0.717) is 6.04 Å². The first-order valence-corrected chi connectivity index (χ1v) is 7.97. The predicted molar refractivity (Wildman–Crippen MR) is 84.3 cm³/mol. The normalized spacial score (nSPS) is 18.2. The fourth-order valence-electron chi connectivity index (χ4n) is 3.01. The molecule has 5 nitrogen and oxygen atoms in total. The first-order valence-electron chi connectivity index (χ1n) is 7.97. The number of rotatable bonds is 5. The summed E-state index contributed by atoms with van der Waals surface area (Å²) in [5.74, 6) is 0. The van der Waals surface area contributed by atoms with Crippen molar-refractivity contribution < 1.29 is 0 Å². The topological polar surface area (TPSA) is 45.5 Å². The largest absolute Gasteiger partial charge is 0.309 e. The summed E-state index contributed by atoms with van der Waals surface area (Å²) in [6.07, 6.45) is 8.11. The minimum Gasteiger partial charge on any atom is -0.309 e. The maximum absolute atomic E-state index is 4.45. The van der Waals surface area contributed by atoms with Gasteiger partial charge >= 0.3 is 0 Å². The number of nitrogens with one attached hydrogen (secondary N) is 1. The summed E-state index contributed by atoms with van der Waals surface area (Å²) in [4.78, 5) is 7.01. The molecule has 1 atom stereocenters. The highest BCUT2D eigenvalue weighted by atomic mass is 15.2. The molecule has 2 aromatic rings. The lowest BCUT2D eigenvalue weighted by molar-refractivity contribution is 0.209. The van der Waals surface area contributed by atoms with Gasteiger partial charge in [-0.1, -0.05) is 6.42 Å². The van der Waals surface area contributed by atoms with Crippen LogP contribution in [0.25, 0.3) is 5.65 Å². The van der Waals surface area contributed by atoms with Crippen LogP contribution in [0.2, 0.25) is 0 Å². The van der Waals surface area contributed by atoms with Crippen molar-refractivity contribution in [2.45, 2.75) is 45.7 Å². The van der Waals surface area contributed by atoms with Crippen molar-refractivity contribution in [2.24, 2.45) is 0 Å². The van der Waals surface area contributed by atoms with Crippen molar-refractivity contribution in [3.05, 3.63) is 29.7 Å². The molecule has 0 aliphatic carbocycles. The molecule has 0 saturated carbocycles. The van der Waals surface area contributed by atoms with Crippen LogP contribution in [0.5, 0.6) is 0 Å². The summed E-state index contributed by atoms with van der Waals surface area (Å²) in [6.45, 7) is 8.75. The molecule has 1 saturated heterocycles. The molecule has 1 fully saturated rings. The second kappa shape index (κ2) is 6.54. The van der Waals surface area contributed by atoms with Gasteiger partial charge < -0.3 is 10.2 Å². The van der Waals surface area contributed by atoms with E-state index in [-0.39, 0.29) is 0 Å². The molecule has 1 aliphatic rings. The Morgan fingerprint density at radius 2 is 2.10 bits per heavy atom. The molecule has 21 heavy (non-hydrogen) atoms. The van der Waals surface area contributed by atoms with Crippen LogP contribution in [0.15, 0.2) is 18.5 Å². The molecular weight excluding hydrogens is 262 g/mol. The summed E-state index contributed by atoms with van der Waals surface area (Å²) >= 11 is 0. The first kappa shape index (κ1) is 14.5. The highest BCUT2D eigenvalue weighted by Gasteiger charge is 2.13. The summed E-state index contributed by atoms with van der Waals surface area (Å²) in [5, 5.41) is 8.01. The number of piperidine rings is 1. The van der Waals surface area contributed by atoms with Crippen molar-refractivity contribution in [1.82, 2.24) is 24.8 Å². The molecule has 0 amide bonds. The van der Waals surface area contributed by atoms with Gasteiger partial charge in [-0.3, -0.25) is 0 Å². The summed E-state index contributed by atoms with van der Waals surface area (Å²) in [6, 6.07) is 2.49. The highest BCUT2D eigenvalue weighted by Crippen LogP contribution is 2.09. The first-order chi connectivity index (χ1) is 10.2. The number of nitrogens with zero attached hydrogens (tertiary/aromatic N) is 4. The van der Waals surface area contributed by atoms with E-state index in [0.717, 1.165) is 24.4 Å². The second-order valence-electron chi connectivity index (χ2n) is 6.19. The average Bonchev–Trinajstić information content (AvgIpc) is 2.85. The zero-order valence-corrected chi connectivity index (χ0v) is 13.0. The second-order valence-corrected chi connectivity index (χ2v) is 6.19. The SMILES string of the molecule is Cc1cc2ncc(CNC(C)CN3CCCCC3)cn2n1. The van der Waals surface area contributed by atoms with Crippen molar-refractivity contribution >= 4 is 5.65 Å². The smallest absolute Gasteiger partial charge is 0.155 e. The predicted octanol–water partition coefficient (Wildman–Crippen LogP) is 2.00. The zero-order valence-electron chi connectivity index (χ0n) is 13.0.